The van der Waals surface area contributed by atoms with Crippen LogP contribution in [-0.2, 0) is 31.5 Å². The molecule has 3 aromatic rings. The summed E-state index contributed by atoms with van der Waals surface area (Å²) in [6.45, 7) is 3.92. The molecule has 0 amide bonds. The predicted octanol–water partition coefficient (Wildman–Crippen LogP) is 2.59. The van der Waals surface area contributed by atoms with Crippen LogP contribution in [0.5, 0.6) is 0 Å². The summed E-state index contributed by atoms with van der Waals surface area (Å²) in [6, 6.07) is 10.2. The topological polar surface area (TPSA) is 56.1 Å². The highest BCUT2D eigenvalue weighted by atomic mass is 32.1. The third-order valence-corrected chi connectivity index (χ3v) is 5.30. The number of ether oxygens (including phenoxy) is 1. The summed E-state index contributed by atoms with van der Waals surface area (Å²) in [6.07, 6.45) is 1.80. The average Bonchev–Trinajstić information content (AvgIpc) is 3.26. The number of aryl methyl sites for hydroxylation is 1. The van der Waals surface area contributed by atoms with Gasteiger partial charge in [-0.05, 0) is 23.6 Å². The molecule has 0 saturated heterocycles. The summed E-state index contributed by atoms with van der Waals surface area (Å²) in [7, 11) is 1.96. The van der Waals surface area contributed by atoms with Crippen molar-refractivity contribution in [1.82, 2.24) is 24.9 Å². The zero-order valence-electron chi connectivity index (χ0n) is 14.2. The minimum Gasteiger partial charge on any atom is -0.374 e. The van der Waals surface area contributed by atoms with Crippen molar-refractivity contribution >= 4 is 11.3 Å². The highest BCUT2D eigenvalue weighted by Gasteiger charge is 2.30. The molecule has 3 aromatic heterocycles. The number of aromatic nitrogens is 4. The maximum atomic E-state index is 5.97. The van der Waals surface area contributed by atoms with Gasteiger partial charge in [-0.15, -0.1) is 16.4 Å². The second-order valence-corrected chi connectivity index (χ2v) is 7.36. The summed E-state index contributed by atoms with van der Waals surface area (Å²) in [4.78, 5) is 8.12. The lowest BCUT2D eigenvalue weighted by Crippen LogP contribution is -2.35. The van der Waals surface area contributed by atoms with E-state index in [-0.39, 0.29) is 5.92 Å². The SMILES string of the molecule is Cn1nnc2c1C(COCc1ccccn1)CN(Cc1cccs1)C2. The molecule has 0 aromatic carbocycles. The zero-order valence-corrected chi connectivity index (χ0v) is 15.0. The molecule has 0 N–H and O–H groups in total. The van der Waals surface area contributed by atoms with Crippen LogP contribution in [0.15, 0.2) is 41.9 Å². The molecule has 4 heterocycles. The van der Waals surface area contributed by atoms with Crippen LogP contribution in [0, 0.1) is 0 Å². The van der Waals surface area contributed by atoms with E-state index in [9.17, 15) is 0 Å². The van der Waals surface area contributed by atoms with Crippen molar-refractivity contribution in [3.63, 3.8) is 0 Å². The third kappa shape index (κ3) is 3.78. The Kier molecular flexibility index (Phi) is 4.87. The van der Waals surface area contributed by atoms with Gasteiger partial charge in [-0.3, -0.25) is 14.6 Å². The van der Waals surface area contributed by atoms with Crippen molar-refractivity contribution in [2.24, 2.45) is 7.05 Å². The molecular formula is C18H21N5OS. The Labute approximate surface area is 151 Å². The Morgan fingerprint density at radius 1 is 1.28 bits per heavy atom. The van der Waals surface area contributed by atoms with E-state index in [2.05, 4.69) is 37.7 Å². The minimum atomic E-state index is 0.271. The van der Waals surface area contributed by atoms with Gasteiger partial charge in [-0.2, -0.15) is 0 Å². The number of nitrogens with zero attached hydrogens (tertiary/aromatic N) is 5. The number of thiophene rings is 1. The van der Waals surface area contributed by atoms with Crippen molar-refractivity contribution in [3.05, 3.63) is 63.9 Å². The number of rotatable bonds is 6. The molecule has 4 rings (SSSR count). The van der Waals surface area contributed by atoms with Gasteiger partial charge < -0.3 is 4.74 Å². The van der Waals surface area contributed by atoms with Gasteiger partial charge >= 0.3 is 0 Å². The average molecular weight is 355 g/mol. The van der Waals surface area contributed by atoms with Crippen molar-refractivity contribution in [3.8, 4) is 0 Å². The Morgan fingerprint density at radius 2 is 2.24 bits per heavy atom. The summed E-state index contributed by atoms with van der Waals surface area (Å²) in [5, 5.41) is 10.7. The van der Waals surface area contributed by atoms with Crippen molar-refractivity contribution < 1.29 is 4.74 Å². The number of hydrogen-bond acceptors (Lipinski definition) is 6. The van der Waals surface area contributed by atoms with Crippen molar-refractivity contribution in [2.45, 2.75) is 25.6 Å². The molecule has 1 unspecified atom stereocenters. The van der Waals surface area contributed by atoms with E-state index in [1.165, 1.54) is 10.6 Å². The molecule has 0 spiro atoms. The lowest BCUT2D eigenvalue weighted by atomic mass is 9.99. The molecule has 0 saturated carbocycles. The fourth-order valence-electron chi connectivity index (χ4n) is 3.36. The molecule has 1 aliphatic heterocycles. The third-order valence-electron chi connectivity index (χ3n) is 4.44. The van der Waals surface area contributed by atoms with E-state index in [0.29, 0.717) is 13.2 Å². The van der Waals surface area contributed by atoms with Gasteiger partial charge in [0.05, 0.1) is 24.6 Å². The summed E-state index contributed by atoms with van der Waals surface area (Å²) >= 11 is 1.80. The molecular weight excluding hydrogens is 334 g/mol. The van der Waals surface area contributed by atoms with Crippen LogP contribution in [-0.4, -0.2) is 38.0 Å². The molecule has 0 bridgehead atoms. The fourth-order valence-corrected chi connectivity index (χ4v) is 4.10. The molecule has 6 nitrogen and oxygen atoms in total. The first kappa shape index (κ1) is 16.4. The molecule has 0 radical (unpaired) electrons. The molecule has 130 valence electrons. The van der Waals surface area contributed by atoms with Gasteiger partial charge in [0, 0.05) is 43.7 Å². The van der Waals surface area contributed by atoms with Crippen molar-refractivity contribution in [2.75, 3.05) is 13.2 Å². The van der Waals surface area contributed by atoms with E-state index < -0.39 is 0 Å². The van der Waals surface area contributed by atoms with E-state index >= 15 is 0 Å². The quantitative estimate of drug-likeness (QED) is 0.680. The summed E-state index contributed by atoms with van der Waals surface area (Å²) < 4.78 is 7.86. The summed E-state index contributed by atoms with van der Waals surface area (Å²) in [5.41, 5.74) is 3.22. The maximum absolute atomic E-state index is 5.97. The Bertz CT molecular complexity index is 802. The molecule has 7 heteroatoms. The Balaban J connectivity index is 1.44. The van der Waals surface area contributed by atoms with Crippen LogP contribution in [0.4, 0.5) is 0 Å². The van der Waals surface area contributed by atoms with E-state index in [4.69, 9.17) is 4.74 Å². The monoisotopic (exact) mass is 355 g/mol. The van der Waals surface area contributed by atoms with Crippen LogP contribution in [0.25, 0.3) is 0 Å². The first-order valence-corrected chi connectivity index (χ1v) is 9.28. The molecule has 1 aliphatic rings. The molecule has 1 atom stereocenters. The second-order valence-electron chi connectivity index (χ2n) is 6.33. The van der Waals surface area contributed by atoms with E-state index in [0.717, 1.165) is 31.0 Å². The Morgan fingerprint density at radius 3 is 3.04 bits per heavy atom. The largest absolute Gasteiger partial charge is 0.374 e. The highest BCUT2D eigenvalue weighted by Crippen LogP contribution is 2.28. The first-order chi connectivity index (χ1) is 12.3. The maximum Gasteiger partial charge on any atom is 0.100 e. The fraction of sp³-hybridized carbons (Fsp3) is 0.389. The van der Waals surface area contributed by atoms with Crippen LogP contribution in [0.3, 0.4) is 0 Å². The number of hydrogen-bond donors (Lipinski definition) is 0. The normalized spacial score (nSPS) is 17.6. The number of fused-ring (bicyclic) bond motifs is 1. The zero-order chi connectivity index (χ0) is 17.1. The molecule has 0 fully saturated rings. The smallest absolute Gasteiger partial charge is 0.100 e. The lowest BCUT2D eigenvalue weighted by Gasteiger charge is -2.31. The molecule has 0 aliphatic carbocycles. The Hall–Kier alpha value is -2.09. The number of pyridine rings is 1. The standard InChI is InChI=1S/C18H21N5OS/c1-22-18-14(12-24-13-15-5-2-3-7-19-15)9-23(11-17(18)20-21-22)10-16-6-4-8-25-16/h2-8,14H,9-13H2,1H3. The second kappa shape index (κ2) is 7.43. The molecule has 25 heavy (non-hydrogen) atoms. The van der Waals surface area contributed by atoms with Crippen LogP contribution >= 0.6 is 11.3 Å². The van der Waals surface area contributed by atoms with Crippen LogP contribution in [0.1, 0.15) is 27.9 Å². The predicted molar refractivity (Wildman–Crippen MR) is 96.1 cm³/mol. The van der Waals surface area contributed by atoms with E-state index in [1.54, 1.807) is 17.5 Å². The van der Waals surface area contributed by atoms with Crippen LogP contribution in [0.2, 0.25) is 0 Å². The minimum absolute atomic E-state index is 0.271. The van der Waals surface area contributed by atoms with E-state index in [1.807, 2.05) is 29.9 Å². The van der Waals surface area contributed by atoms with Gasteiger partial charge in [0.25, 0.3) is 0 Å². The van der Waals surface area contributed by atoms with Gasteiger partial charge in [0.2, 0.25) is 0 Å². The lowest BCUT2D eigenvalue weighted by molar-refractivity contribution is 0.0814. The van der Waals surface area contributed by atoms with Crippen molar-refractivity contribution in [1.29, 1.82) is 0 Å². The first-order valence-electron chi connectivity index (χ1n) is 8.40. The van der Waals surface area contributed by atoms with Gasteiger partial charge in [0.1, 0.15) is 5.69 Å². The van der Waals surface area contributed by atoms with Crippen LogP contribution < -0.4 is 0 Å². The van der Waals surface area contributed by atoms with Gasteiger partial charge in [-0.25, -0.2) is 0 Å². The summed E-state index contributed by atoms with van der Waals surface area (Å²) in [5.74, 6) is 0.271. The highest BCUT2D eigenvalue weighted by molar-refractivity contribution is 7.09. The van der Waals surface area contributed by atoms with Gasteiger partial charge in [-0.1, -0.05) is 17.3 Å². The van der Waals surface area contributed by atoms with Gasteiger partial charge in [0.15, 0.2) is 0 Å².